The van der Waals surface area contributed by atoms with E-state index in [4.69, 9.17) is 0 Å². The van der Waals surface area contributed by atoms with Gasteiger partial charge in [-0.15, -0.1) is 15.0 Å². The summed E-state index contributed by atoms with van der Waals surface area (Å²) >= 11 is 0. The summed E-state index contributed by atoms with van der Waals surface area (Å²) < 4.78 is 0. The van der Waals surface area contributed by atoms with E-state index in [1.165, 1.54) is 4.80 Å². The molecule has 0 aliphatic carbocycles. The third-order valence-corrected chi connectivity index (χ3v) is 2.93. The Balaban J connectivity index is 0.00000133. The molecule has 3 rings (SSSR count). The Morgan fingerprint density at radius 3 is 2.16 bits per heavy atom. The van der Waals surface area contributed by atoms with Crippen molar-refractivity contribution in [1.29, 1.82) is 0 Å². The first-order valence-corrected chi connectivity index (χ1v) is 5.78. The summed E-state index contributed by atoms with van der Waals surface area (Å²) in [4.78, 5) is 1.49. The zero-order valence-electron chi connectivity index (χ0n) is 10.7. The number of nitrogens with zero attached hydrogens (tertiary/aromatic N) is 3. The second-order valence-corrected chi connectivity index (χ2v) is 4.43. The molecule has 5 heteroatoms. The van der Waals surface area contributed by atoms with Gasteiger partial charge in [-0.25, -0.2) is 0 Å². The van der Waals surface area contributed by atoms with Crippen LogP contribution in [0, 0.1) is 13.8 Å². The van der Waals surface area contributed by atoms with Crippen LogP contribution >= 0.6 is 0 Å². The maximum atomic E-state index is 10.1. The molecule has 0 saturated heterocycles. The number of fused-ring (bicyclic) bond motifs is 1. The van der Waals surface area contributed by atoms with E-state index in [9.17, 15) is 5.11 Å². The fourth-order valence-electron chi connectivity index (χ4n) is 2.06. The molecule has 0 fully saturated rings. The van der Waals surface area contributed by atoms with Crippen LogP contribution in [0.3, 0.4) is 0 Å². The number of benzene rings is 2. The number of aromatic nitrogens is 3. The van der Waals surface area contributed by atoms with Gasteiger partial charge in [-0.2, -0.15) is 0 Å². The molecule has 0 bridgehead atoms. The Hall–Kier alpha value is -1.67. The molecule has 96 valence electrons. The molecular weight excluding hydrogens is 410 g/mol. The van der Waals surface area contributed by atoms with Crippen molar-refractivity contribution in [2.75, 3.05) is 0 Å². The maximum Gasteiger partial charge on any atom is 0.146 e. The molecule has 1 aromatic heterocycles. The van der Waals surface area contributed by atoms with Crippen molar-refractivity contribution in [3.05, 3.63) is 47.5 Å². The van der Waals surface area contributed by atoms with E-state index >= 15 is 0 Å². The largest absolute Gasteiger partial charge is 0.505 e. The Morgan fingerprint density at radius 2 is 1.58 bits per heavy atom. The van der Waals surface area contributed by atoms with E-state index in [1.807, 2.05) is 50.2 Å². The van der Waals surface area contributed by atoms with Gasteiger partial charge in [0.1, 0.15) is 22.5 Å². The van der Waals surface area contributed by atoms with Crippen LogP contribution in [0.1, 0.15) is 11.1 Å². The van der Waals surface area contributed by atoms with Crippen molar-refractivity contribution in [3.63, 3.8) is 0 Å². The van der Waals surface area contributed by atoms with E-state index in [-0.39, 0.29) is 26.8 Å². The first kappa shape index (κ1) is 13.8. The van der Waals surface area contributed by atoms with E-state index in [2.05, 4.69) is 10.2 Å². The Bertz CT molecular complexity index is 704. The first-order chi connectivity index (χ1) is 8.65. The molecule has 0 amide bonds. The third-order valence-electron chi connectivity index (χ3n) is 2.93. The average molecular weight is 423 g/mol. The van der Waals surface area contributed by atoms with Crippen LogP contribution < -0.4 is 0 Å². The predicted octanol–water partition coefficient (Wildman–Crippen LogP) is 2.74. The first-order valence-electron chi connectivity index (χ1n) is 5.78. The summed E-state index contributed by atoms with van der Waals surface area (Å²) in [5, 5.41) is 18.8. The smallest absolute Gasteiger partial charge is 0.146 e. The summed E-state index contributed by atoms with van der Waals surface area (Å²) in [6.45, 7) is 3.86. The number of rotatable bonds is 1. The quantitative estimate of drug-likeness (QED) is 0.655. The van der Waals surface area contributed by atoms with Gasteiger partial charge in [0.05, 0.1) is 0 Å². The van der Waals surface area contributed by atoms with Gasteiger partial charge in [-0.1, -0.05) is 18.2 Å². The van der Waals surface area contributed by atoms with Crippen molar-refractivity contribution >= 4 is 11.0 Å². The van der Waals surface area contributed by atoms with Crippen LogP contribution in [0.5, 0.6) is 5.75 Å². The van der Waals surface area contributed by atoms with E-state index in [0.717, 1.165) is 22.2 Å². The van der Waals surface area contributed by atoms with Crippen LogP contribution in [-0.4, -0.2) is 20.1 Å². The van der Waals surface area contributed by atoms with Gasteiger partial charge in [0.25, 0.3) is 0 Å². The molecule has 0 unspecified atom stereocenters. The molecule has 0 spiro atoms. The summed E-state index contributed by atoms with van der Waals surface area (Å²) in [7, 11) is 0. The Morgan fingerprint density at radius 1 is 1.00 bits per heavy atom. The normalized spacial score (nSPS) is 10.4. The molecule has 1 heterocycles. The van der Waals surface area contributed by atoms with Crippen LogP contribution in [0.15, 0.2) is 36.4 Å². The maximum absolute atomic E-state index is 10.1. The number of aryl methyl sites for hydroxylation is 2. The van der Waals surface area contributed by atoms with E-state index < -0.39 is 0 Å². The zero-order valence-corrected chi connectivity index (χ0v) is 13.6. The summed E-state index contributed by atoms with van der Waals surface area (Å²) in [5.41, 5.74) is 4.14. The van der Waals surface area contributed by atoms with Crippen molar-refractivity contribution in [2.45, 2.75) is 13.8 Å². The molecule has 0 saturated carbocycles. The molecular formula is C14H13N3OW. The van der Waals surface area contributed by atoms with E-state index in [0.29, 0.717) is 5.69 Å². The standard InChI is InChI=1S/C14H13N3O.W/c1-9-7-10(2)14(18)13(8-9)17-15-11-5-3-4-6-12(11)16-17;/h3-8,18H,1-2H3;. The molecule has 0 aliphatic rings. The fraction of sp³-hybridized carbons (Fsp3) is 0.143. The molecule has 0 aliphatic heterocycles. The van der Waals surface area contributed by atoms with Crippen LogP contribution in [0.2, 0.25) is 0 Å². The summed E-state index contributed by atoms with van der Waals surface area (Å²) in [5.74, 6) is 0.223. The van der Waals surface area contributed by atoms with Crippen molar-refractivity contribution < 1.29 is 26.2 Å². The van der Waals surface area contributed by atoms with Crippen molar-refractivity contribution in [1.82, 2.24) is 15.0 Å². The molecule has 2 aromatic carbocycles. The fourth-order valence-corrected chi connectivity index (χ4v) is 2.06. The van der Waals surface area contributed by atoms with Crippen LogP contribution in [0.25, 0.3) is 16.7 Å². The van der Waals surface area contributed by atoms with Gasteiger partial charge in [-0.3, -0.25) is 0 Å². The van der Waals surface area contributed by atoms with E-state index in [1.54, 1.807) is 0 Å². The van der Waals surface area contributed by atoms with Gasteiger partial charge in [0, 0.05) is 21.1 Å². The van der Waals surface area contributed by atoms with Gasteiger partial charge in [-0.05, 0) is 43.2 Å². The van der Waals surface area contributed by atoms with Crippen molar-refractivity contribution in [3.8, 4) is 11.4 Å². The summed E-state index contributed by atoms with van der Waals surface area (Å²) in [6.07, 6.45) is 0. The number of phenolic OH excluding ortho intramolecular Hbond substituents is 1. The average Bonchev–Trinajstić information content (AvgIpc) is 2.77. The topological polar surface area (TPSA) is 50.9 Å². The minimum atomic E-state index is 0. The van der Waals surface area contributed by atoms with Gasteiger partial charge in [0.2, 0.25) is 0 Å². The third kappa shape index (κ3) is 2.41. The summed E-state index contributed by atoms with van der Waals surface area (Å²) in [6, 6.07) is 11.5. The number of hydrogen-bond acceptors (Lipinski definition) is 3. The van der Waals surface area contributed by atoms with Gasteiger partial charge in [0.15, 0.2) is 0 Å². The molecule has 0 radical (unpaired) electrons. The molecule has 0 atom stereocenters. The molecule has 19 heavy (non-hydrogen) atoms. The minimum absolute atomic E-state index is 0. The van der Waals surface area contributed by atoms with Crippen LogP contribution in [-0.2, 0) is 21.1 Å². The van der Waals surface area contributed by atoms with Gasteiger partial charge >= 0.3 is 0 Å². The zero-order chi connectivity index (χ0) is 12.7. The SMILES string of the molecule is Cc1cc(C)c(O)c(-n2nc3ccccc3n2)c1.[W]. The van der Waals surface area contributed by atoms with Gasteiger partial charge < -0.3 is 5.11 Å². The Kier molecular flexibility index (Phi) is 3.72. The molecule has 4 nitrogen and oxygen atoms in total. The number of phenols is 1. The second-order valence-electron chi connectivity index (χ2n) is 4.43. The second kappa shape index (κ2) is 5.14. The predicted molar refractivity (Wildman–Crippen MR) is 70.0 cm³/mol. The molecule has 3 aromatic rings. The monoisotopic (exact) mass is 423 g/mol. The minimum Gasteiger partial charge on any atom is -0.505 e. The van der Waals surface area contributed by atoms with Crippen molar-refractivity contribution in [2.24, 2.45) is 0 Å². The number of aromatic hydroxyl groups is 1. The molecule has 1 N–H and O–H groups in total. The number of hydrogen-bond donors (Lipinski definition) is 1. The van der Waals surface area contributed by atoms with Crippen LogP contribution in [0.4, 0.5) is 0 Å². The Labute approximate surface area is 125 Å².